The monoisotopic (exact) mass is 354 g/mol. The zero-order chi connectivity index (χ0) is 18.7. The minimum Gasteiger partial charge on any atom is -0.493 e. The molecule has 3 rings (SSSR count). The minimum absolute atomic E-state index is 0.0126. The van der Waals surface area contributed by atoms with Gasteiger partial charge in [0.05, 0.1) is 33.5 Å². The highest BCUT2D eigenvalue weighted by Crippen LogP contribution is 2.38. The number of ether oxygens (including phenoxy) is 3. The van der Waals surface area contributed by atoms with Crippen LogP contribution in [0.5, 0.6) is 17.2 Å². The minimum atomic E-state index is -0.450. The standard InChI is InChI=1S/C19H18N2O5/c1-24-16-8-11(9-17(25-2)18(16)26-3)19(23)21-20-14-10-15(22)13-7-5-4-6-12(13)14/h4-9H,10H2,1-3H3,(H,21,23)/b20-14+. The molecule has 0 fully saturated rings. The molecule has 0 unspecified atom stereocenters. The molecule has 7 nitrogen and oxygen atoms in total. The van der Waals surface area contributed by atoms with Gasteiger partial charge < -0.3 is 14.2 Å². The first-order valence-corrected chi connectivity index (χ1v) is 7.88. The molecule has 0 saturated heterocycles. The lowest BCUT2D eigenvalue weighted by Gasteiger charge is -2.13. The van der Waals surface area contributed by atoms with Crippen molar-refractivity contribution in [2.24, 2.45) is 5.10 Å². The molecule has 0 radical (unpaired) electrons. The predicted octanol–water partition coefficient (Wildman–Crippen LogP) is 2.43. The van der Waals surface area contributed by atoms with E-state index in [4.69, 9.17) is 14.2 Å². The molecule has 1 N–H and O–H groups in total. The molecule has 1 aliphatic rings. The molecule has 2 aromatic rings. The first-order chi connectivity index (χ1) is 12.6. The van der Waals surface area contributed by atoms with Gasteiger partial charge in [0.1, 0.15) is 0 Å². The fourth-order valence-electron chi connectivity index (χ4n) is 2.82. The van der Waals surface area contributed by atoms with Crippen LogP contribution in [0.4, 0.5) is 0 Å². The SMILES string of the molecule is COc1cc(C(=O)N/N=C2\CC(=O)c3ccccc32)cc(OC)c1OC. The van der Waals surface area contributed by atoms with Gasteiger partial charge >= 0.3 is 0 Å². The first-order valence-electron chi connectivity index (χ1n) is 7.88. The lowest BCUT2D eigenvalue weighted by atomic mass is 10.1. The second-order valence-electron chi connectivity index (χ2n) is 5.56. The van der Waals surface area contributed by atoms with Crippen molar-refractivity contribution in [1.29, 1.82) is 0 Å². The number of nitrogens with zero attached hydrogens (tertiary/aromatic N) is 1. The molecule has 134 valence electrons. The second-order valence-corrected chi connectivity index (χ2v) is 5.56. The van der Waals surface area contributed by atoms with Crippen LogP contribution in [-0.2, 0) is 0 Å². The van der Waals surface area contributed by atoms with E-state index in [1.54, 1.807) is 12.1 Å². The summed E-state index contributed by atoms with van der Waals surface area (Å²) >= 11 is 0. The normalized spacial score (nSPS) is 14.1. The smallest absolute Gasteiger partial charge is 0.271 e. The highest BCUT2D eigenvalue weighted by Gasteiger charge is 2.25. The third-order valence-electron chi connectivity index (χ3n) is 4.09. The summed E-state index contributed by atoms with van der Waals surface area (Å²) in [6.45, 7) is 0. The molecule has 0 heterocycles. The van der Waals surface area contributed by atoms with E-state index in [-0.39, 0.29) is 12.2 Å². The molecule has 0 aliphatic heterocycles. The maximum absolute atomic E-state index is 12.5. The van der Waals surface area contributed by atoms with Crippen LogP contribution in [0.25, 0.3) is 0 Å². The summed E-state index contributed by atoms with van der Waals surface area (Å²) in [5.41, 5.74) is 4.67. The topological polar surface area (TPSA) is 86.2 Å². The van der Waals surface area contributed by atoms with Crippen molar-refractivity contribution in [2.75, 3.05) is 21.3 Å². The summed E-state index contributed by atoms with van der Waals surface area (Å²) in [7, 11) is 4.43. The Bertz CT molecular complexity index is 880. The van der Waals surface area contributed by atoms with Crippen LogP contribution in [0, 0.1) is 0 Å². The number of methoxy groups -OCH3 is 3. The molecule has 2 aromatic carbocycles. The highest BCUT2D eigenvalue weighted by molar-refractivity contribution is 6.26. The molecule has 7 heteroatoms. The summed E-state index contributed by atoms with van der Waals surface area (Å²) < 4.78 is 15.7. The van der Waals surface area contributed by atoms with Crippen LogP contribution in [0.3, 0.4) is 0 Å². The number of fused-ring (bicyclic) bond motifs is 1. The number of hydrazone groups is 1. The summed E-state index contributed by atoms with van der Waals surface area (Å²) in [6, 6.07) is 10.3. The maximum Gasteiger partial charge on any atom is 0.271 e. The zero-order valence-corrected chi connectivity index (χ0v) is 14.7. The van der Waals surface area contributed by atoms with E-state index in [9.17, 15) is 9.59 Å². The van der Waals surface area contributed by atoms with Gasteiger partial charge in [0.2, 0.25) is 5.75 Å². The van der Waals surface area contributed by atoms with Crippen LogP contribution in [-0.4, -0.2) is 38.7 Å². The van der Waals surface area contributed by atoms with Gasteiger partial charge in [-0.1, -0.05) is 24.3 Å². The Balaban J connectivity index is 1.87. The van der Waals surface area contributed by atoms with E-state index in [0.29, 0.717) is 34.1 Å². The van der Waals surface area contributed by atoms with Crippen molar-refractivity contribution in [3.05, 3.63) is 53.1 Å². The van der Waals surface area contributed by atoms with E-state index >= 15 is 0 Å². The van der Waals surface area contributed by atoms with Gasteiger partial charge in [-0.05, 0) is 12.1 Å². The number of rotatable bonds is 5. The number of hydrogen-bond donors (Lipinski definition) is 1. The van der Waals surface area contributed by atoms with Crippen molar-refractivity contribution >= 4 is 17.4 Å². The third-order valence-corrected chi connectivity index (χ3v) is 4.09. The molecular weight excluding hydrogens is 336 g/mol. The summed E-state index contributed by atoms with van der Waals surface area (Å²) in [6.07, 6.45) is 0.162. The van der Waals surface area contributed by atoms with Gasteiger partial charge in [0.15, 0.2) is 17.3 Å². The van der Waals surface area contributed by atoms with Crippen molar-refractivity contribution in [1.82, 2.24) is 5.43 Å². The van der Waals surface area contributed by atoms with Crippen molar-refractivity contribution < 1.29 is 23.8 Å². The average Bonchev–Trinajstić information content (AvgIpc) is 3.00. The summed E-state index contributed by atoms with van der Waals surface area (Å²) in [4.78, 5) is 24.5. The fraction of sp³-hybridized carbons (Fsp3) is 0.211. The number of benzene rings is 2. The molecule has 1 aliphatic carbocycles. The van der Waals surface area contributed by atoms with Crippen LogP contribution in [0.1, 0.15) is 32.7 Å². The van der Waals surface area contributed by atoms with Gasteiger partial charge in [-0.15, -0.1) is 0 Å². The Kier molecular flexibility index (Phi) is 4.88. The van der Waals surface area contributed by atoms with E-state index in [1.807, 2.05) is 12.1 Å². The Morgan fingerprint density at radius 2 is 1.62 bits per heavy atom. The molecular formula is C19H18N2O5. The van der Waals surface area contributed by atoms with E-state index in [0.717, 1.165) is 5.56 Å². The Morgan fingerprint density at radius 3 is 2.19 bits per heavy atom. The summed E-state index contributed by atoms with van der Waals surface area (Å²) in [5.74, 6) is 0.667. The average molecular weight is 354 g/mol. The van der Waals surface area contributed by atoms with E-state index < -0.39 is 5.91 Å². The van der Waals surface area contributed by atoms with Crippen molar-refractivity contribution in [2.45, 2.75) is 6.42 Å². The number of ketones is 1. The van der Waals surface area contributed by atoms with E-state index in [1.165, 1.54) is 33.5 Å². The van der Waals surface area contributed by atoms with Gasteiger partial charge in [0.25, 0.3) is 5.91 Å². The molecule has 26 heavy (non-hydrogen) atoms. The first kappa shape index (κ1) is 17.5. The Morgan fingerprint density at radius 1 is 1.00 bits per heavy atom. The number of carbonyl (C=O) groups is 2. The second kappa shape index (κ2) is 7.26. The lowest BCUT2D eigenvalue weighted by molar-refractivity contribution is 0.0951. The number of nitrogens with one attached hydrogen (secondary N) is 1. The Labute approximate surface area is 150 Å². The van der Waals surface area contributed by atoms with Crippen LogP contribution in [0.15, 0.2) is 41.5 Å². The van der Waals surface area contributed by atoms with Gasteiger partial charge in [0, 0.05) is 16.7 Å². The van der Waals surface area contributed by atoms with Gasteiger partial charge in [-0.25, -0.2) is 5.43 Å². The lowest BCUT2D eigenvalue weighted by Crippen LogP contribution is -2.20. The molecule has 0 spiro atoms. The summed E-state index contributed by atoms with van der Waals surface area (Å²) in [5, 5.41) is 4.13. The number of hydrogen-bond acceptors (Lipinski definition) is 6. The molecule has 0 atom stereocenters. The number of carbonyl (C=O) groups excluding carboxylic acids is 2. The molecule has 0 saturated carbocycles. The van der Waals surface area contributed by atoms with E-state index in [2.05, 4.69) is 10.5 Å². The van der Waals surface area contributed by atoms with Crippen LogP contribution in [0.2, 0.25) is 0 Å². The number of amides is 1. The number of Topliss-reactive ketones (excluding diaryl/α,β-unsaturated/α-hetero) is 1. The highest BCUT2D eigenvalue weighted by atomic mass is 16.5. The van der Waals surface area contributed by atoms with Gasteiger partial charge in [-0.2, -0.15) is 5.10 Å². The maximum atomic E-state index is 12.5. The zero-order valence-electron chi connectivity index (χ0n) is 14.7. The molecule has 0 bridgehead atoms. The van der Waals surface area contributed by atoms with Crippen LogP contribution < -0.4 is 19.6 Å². The van der Waals surface area contributed by atoms with Crippen molar-refractivity contribution in [3.63, 3.8) is 0 Å². The fourth-order valence-corrected chi connectivity index (χ4v) is 2.82. The molecule has 0 aromatic heterocycles. The van der Waals surface area contributed by atoms with Gasteiger partial charge in [-0.3, -0.25) is 9.59 Å². The predicted molar refractivity (Wildman–Crippen MR) is 95.5 cm³/mol. The third kappa shape index (κ3) is 3.11. The quantitative estimate of drug-likeness (QED) is 0.834. The van der Waals surface area contributed by atoms with Crippen molar-refractivity contribution in [3.8, 4) is 17.2 Å². The Hall–Kier alpha value is -3.35. The largest absolute Gasteiger partial charge is 0.493 e. The van der Waals surface area contributed by atoms with Crippen LogP contribution >= 0.6 is 0 Å². The molecule has 1 amide bonds.